The van der Waals surface area contributed by atoms with E-state index in [2.05, 4.69) is 4.84 Å². The van der Waals surface area contributed by atoms with Gasteiger partial charge in [-0.3, -0.25) is 0 Å². The predicted octanol–water partition coefficient (Wildman–Crippen LogP) is 2.63. The van der Waals surface area contributed by atoms with Crippen LogP contribution in [0.25, 0.3) is 0 Å². The van der Waals surface area contributed by atoms with Crippen LogP contribution >= 0.6 is 0 Å². The standard InChI is InChI=1S/C20H24NO7/c1-25-17-8-6-14(7-9-17)10-15-4-2-3-5-19(15)28-20-12-16(22)11-18(27-20)13-26-21(23)24/h2-9,16,18,20,22H,10-13H2,1H3,(H,23,24)/q+1. The Morgan fingerprint density at radius 1 is 1.14 bits per heavy atom. The van der Waals surface area contributed by atoms with Gasteiger partial charge in [-0.15, -0.1) is 0 Å². The maximum atomic E-state index is 10.5. The lowest BCUT2D eigenvalue weighted by Crippen LogP contribution is -2.41. The van der Waals surface area contributed by atoms with Gasteiger partial charge in [0.15, 0.2) is 6.61 Å². The lowest BCUT2D eigenvalue weighted by Gasteiger charge is -2.32. The van der Waals surface area contributed by atoms with E-state index in [9.17, 15) is 10.0 Å². The monoisotopic (exact) mass is 390 g/mol. The second-order valence-electron chi connectivity index (χ2n) is 6.60. The Morgan fingerprint density at radius 3 is 2.61 bits per heavy atom. The highest BCUT2D eigenvalue weighted by Crippen LogP contribution is 2.27. The summed E-state index contributed by atoms with van der Waals surface area (Å²) in [6.07, 6.45) is -0.647. The summed E-state index contributed by atoms with van der Waals surface area (Å²) in [7, 11) is 1.63. The minimum Gasteiger partial charge on any atom is -0.497 e. The molecule has 0 amide bonds. The number of rotatable bonds is 8. The molecule has 1 saturated heterocycles. The lowest BCUT2D eigenvalue weighted by atomic mass is 10.0. The van der Waals surface area contributed by atoms with E-state index >= 15 is 0 Å². The van der Waals surface area contributed by atoms with Crippen molar-refractivity contribution in [3.8, 4) is 11.5 Å². The van der Waals surface area contributed by atoms with Gasteiger partial charge >= 0.3 is 5.09 Å². The molecule has 2 aromatic rings. The molecule has 8 nitrogen and oxygen atoms in total. The highest BCUT2D eigenvalue weighted by molar-refractivity contribution is 5.39. The van der Waals surface area contributed by atoms with E-state index in [4.69, 9.17) is 19.4 Å². The molecule has 0 radical (unpaired) electrons. The predicted molar refractivity (Wildman–Crippen MR) is 98.1 cm³/mol. The van der Waals surface area contributed by atoms with Crippen molar-refractivity contribution in [1.82, 2.24) is 0 Å². The largest absolute Gasteiger partial charge is 0.497 e. The Kier molecular flexibility index (Phi) is 6.67. The van der Waals surface area contributed by atoms with Crippen LogP contribution in [0, 0.1) is 4.91 Å². The van der Waals surface area contributed by atoms with Crippen LogP contribution in [0.1, 0.15) is 24.0 Å². The van der Waals surface area contributed by atoms with E-state index in [-0.39, 0.29) is 6.61 Å². The number of ether oxygens (including phenoxy) is 3. The summed E-state index contributed by atoms with van der Waals surface area (Å²) in [5.74, 6) is 1.45. The summed E-state index contributed by atoms with van der Waals surface area (Å²) in [5.41, 5.74) is 2.08. The Morgan fingerprint density at radius 2 is 1.89 bits per heavy atom. The smallest absolute Gasteiger partial charge is 0.475 e. The second-order valence-corrected chi connectivity index (χ2v) is 6.60. The SMILES string of the molecule is COc1ccc(Cc2ccccc2OC2CC(O)CC(CO[N+](=O)O)O2)cc1. The number of hydrogen-bond donors (Lipinski definition) is 2. The molecule has 3 unspecified atom stereocenters. The number of benzene rings is 2. The summed E-state index contributed by atoms with van der Waals surface area (Å²) in [4.78, 5) is 15.0. The number of aliphatic hydroxyl groups is 1. The van der Waals surface area contributed by atoms with Gasteiger partial charge in [0.2, 0.25) is 6.29 Å². The van der Waals surface area contributed by atoms with Crippen LogP contribution in [0.3, 0.4) is 0 Å². The summed E-state index contributed by atoms with van der Waals surface area (Å²) in [5, 5.41) is 18.0. The molecule has 1 fully saturated rings. The fourth-order valence-electron chi connectivity index (χ4n) is 3.15. The molecule has 0 aromatic heterocycles. The van der Waals surface area contributed by atoms with Crippen LogP contribution < -0.4 is 9.47 Å². The van der Waals surface area contributed by atoms with E-state index < -0.39 is 23.6 Å². The molecule has 1 aliphatic heterocycles. The molecule has 1 heterocycles. The Labute approximate surface area is 162 Å². The third-order valence-corrected chi connectivity index (χ3v) is 4.50. The van der Waals surface area contributed by atoms with E-state index in [0.29, 0.717) is 25.0 Å². The molecule has 8 heteroatoms. The third-order valence-electron chi connectivity index (χ3n) is 4.50. The molecule has 2 N–H and O–H groups in total. The minimum atomic E-state index is -0.687. The van der Waals surface area contributed by atoms with Gasteiger partial charge in [-0.25, -0.2) is 5.21 Å². The molecule has 28 heavy (non-hydrogen) atoms. The van der Waals surface area contributed by atoms with Crippen molar-refractivity contribution in [2.75, 3.05) is 13.7 Å². The first-order valence-corrected chi connectivity index (χ1v) is 9.03. The quantitative estimate of drug-likeness (QED) is 0.669. The molecule has 3 atom stereocenters. The Bertz CT molecular complexity index is 780. The van der Waals surface area contributed by atoms with E-state index in [1.807, 2.05) is 48.5 Å². The molecule has 0 spiro atoms. The summed E-state index contributed by atoms with van der Waals surface area (Å²) >= 11 is 0. The summed E-state index contributed by atoms with van der Waals surface area (Å²) < 4.78 is 16.9. The first kappa shape index (κ1) is 19.9. The minimum absolute atomic E-state index is 0.176. The third kappa shape index (κ3) is 5.58. The first-order valence-electron chi connectivity index (χ1n) is 9.03. The van der Waals surface area contributed by atoms with E-state index in [1.54, 1.807) is 7.11 Å². The van der Waals surface area contributed by atoms with Crippen LogP contribution in [0.4, 0.5) is 0 Å². The second kappa shape index (κ2) is 9.38. The van der Waals surface area contributed by atoms with Gasteiger partial charge in [0.1, 0.15) is 22.5 Å². The summed E-state index contributed by atoms with van der Waals surface area (Å²) in [6, 6.07) is 15.4. The molecule has 0 bridgehead atoms. The maximum absolute atomic E-state index is 10.5. The molecule has 1 aliphatic rings. The Hall–Kier alpha value is -2.84. The van der Waals surface area contributed by atoms with Gasteiger partial charge in [0.25, 0.3) is 0 Å². The normalized spacial score (nSPS) is 21.7. The molecular weight excluding hydrogens is 366 g/mol. The fourth-order valence-corrected chi connectivity index (χ4v) is 3.15. The van der Waals surface area contributed by atoms with Gasteiger partial charge in [-0.1, -0.05) is 30.3 Å². The van der Waals surface area contributed by atoms with Gasteiger partial charge in [-0.05, 0) is 29.3 Å². The van der Waals surface area contributed by atoms with Crippen LogP contribution in [0.5, 0.6) is 11.5 Å². The van der Waals surface area contributed by atoms with Crippen molar-refractivity contribution in [2.24, 2.45) is 0 Å². The number of methoxy groups -OCH3 is 1. The zero-order chi connectivity index (χ0) is 19.9. The number of aliphatic hydroxyl groups excluding tert-OH is 1. The molecule has 150 valence electrons. The van der Waals surface area contributed by atoms with Gasteiger partial charge in [0, 0.05) is 19.3 Å². The molecule has 0 saturated carbocycles. The van der Waals surface area contributed by atoms with E-state index in [1.165, 1.54) is 0 Å². The average Bonchev–Trinajstić information content (AvgIpc) is 2.68. The van der Waals surface area contributed by atoms with Crippen molar-refractivity contribution >= 4 is 0 Å². The first-order chi connectivity index (χ1) is 13.5. The van der Waals surface area contributed by atoms with E-state index in [0.717, 1.165) is 16.9 Å². The highest BCUT2D eigenvalue weighted by Gasteiger charge is 2.32. The van der Waals surface area contributed by atoms with Crippen molar-refractivity contribution < 1.29 is 34.4 Å². The van der Waals surface area contributed by atoms with Gasteiger partial charge < -0.3 is 19.3 Å². The fraction of sp³-hybridized carbons (Fsp3) is 0.400. The Balaban J connectivity index is 1.67. The average molecular weight is 390 g/mol. The zero-order valence-electron chi connectivity index (χ0n) is 15.6. The number of hydrogen-bond acceptors (Lipinski definition) is 6. The highest BCUT2D eigenvalue weighted by atomic mass is 17.0. The molecule has 3 rings (SSSR count). The number of para-hydroxylation sites is 1. The van der Waals surface area contributed by atoms with Crippen molar-refractivity contribution in [2.45, 2.75) is 37.8 Å². The van der Waals surface area contributed by atoms with Crippen molar-refractivity contribution in [1.29, 1.82) is 0 Å². The van der Waals surface area contributed by atoms with Crippen LogP contribution in [0.15, 0.2) is 48.5 Å². The molecular formula is C20H24NO7+. The number of nitrogens with zero attached hydrogens (tertiary/aromatic N) is 1. The molecule has 2 aromatic carbocycles. The van der Waals surface area contributed by atoms with Gasteiger partial charge in [0.05, 0.1) is 13.2 Å². The maximum Gasteiger partial charge on any atom is 0.475 e. The van der Waals surface area contributed by atoms with Crippen molar-refractivity contribution in [3.05, 3.63) is 64.6 Å². The summed E-state index contributed by atoms with van der Waals surface area (Å²) in [6.45, 7) is -0.176. The van der Waals surface area contributed by atoms with Crippen LogP contribution in [-0.2, 0) is 16.0 Å². The topological polar surface area (TPSA) is 97.5 Å². The van der Waals surface area contributed by atoms with Crippen molar-refractivity contribution in [3.63, 3.8) is 0 Å². The van der Waals surface area contributed by atoms with Crippen LogP contribution in [0.2, 0.25) is 0 Å². The van der Waals surface area contributed by atoms with Gasteiger partial charge in [-0.2, -0.15) is 4.84 Å². The lowest BCUT2D eigenvalue weighted by molar-refractivity contribution is -0.976. The molecule has 0 aliphatic carbocycles. The zero-order valence-corrected chi connectivity index (χ0v) is 15.6. The van der Waals surface area contributed by atoms with Crippen LogP contribution in [-0.4, -0.2) is 47.6 Å².